The number of carbonyl (C=O) groups is 2. The fourth-order valence-corrected chi connectivity index (χ4v) is 5.33. The standard InChI is InChI=1S/C30H31NO6/c1-19(32)21-12-13-27(34-2)30(35-3)29(21)37-18-20-17-31(14-15-36-20)28(33)16-26-24-10-6-4-8-22(24)23-9-5-7-11-25(23)26/h4-13,20,26H,14-18H2,1-3H3. The fourth-order valence-electron chi connectivity index (χ4n) is 5.33. The molecule has 2 aliphatic rings. The van der Waals surface area contributed by atoms with Gasteiger partial charge >= 0.3 is 0 Å². The summed E-state index contributed by atoms with van der Waals surface area (Å²) in [5.41, 5.74) is 5.22. The summed E-state index contributed by atoms with van der Waals surface area (Å²) in [7, 11) is 3.04. The summed E-state index contributed by atoms with van der Waals surface area (Å²) in [5.74, 6) is 1.14. The summed E-state index contributed by atoms with van der Waals surface area (Å²) < 4.78 is 22.8. The first-order valence-corrected chi connectivity index (χ1v) is 12.5. The Bertz CT molecular complexity index is 1270. The molecule has 1 aliphatic carbocycles. The van der Waals surface area contributed by atoms with Gasteiger partial charge in [0.2, 0.25) is 11.7 Å². The van der Waals surface area contributed by atoms with Gasteiger partial charge in [-0.2, -0.15) is 0 Å². The normalized spacial score (nSPS) is 16.6. The molecule has 1 atom stereocenters. The predicted octanol–water partition coefficient (Wildman–Crippen LogP) is 4.72. The van der Waals surface area contributed by atoms with E-state index in [1.54, 1.807) is 12.1 Å². The molecule has 1 saturated heterocycles. The maximum absolute atomic E-state index is 13.5. The Hall–Kier alpha value is -3.84. The third-order valence-electron chi connectivity index (χ3n) is 7.13. The maximum atomic E-state index is 13.5. The molecule has 192 valence electrons. The van der Waals surface area contributed by atoms with E-state index >= 15 is 0 Å². The van der Waals surface area contributed by atoms with Gasteiger partial charge in [0.05, 0.1) is 32.9 Å². The van der Waals surface area contributed by atoms with Gasteiger partial charge in [0, 0.05) is 18.9 Å². The molecule has 3 aromatic carbocycles. The van der Waals surface area contributed by atoms with Crippen LogP contribution in [0.25, 0.3) is 11.1 Å². The lowest BCUT2D eigenvalue weighted by Gasteiger charge is -2.33. The Morgan fingerprint density at radius 2 is 1.59 bits per heavy atom. The Morgan fingerprint density at radius 1 is 0.919 bits per heavy atom. The van der Waals surface area contributed by atoms with Crippen LogP contribution in [-0.4, -0.2) is 63.2 Å². The van der Waals surface area contributed by atoms with Crippen molar-refractivity contribution in [3.63, 3.8) is 0 Å². The highest BCUT2D eigenvalue weighted by Crippen LogP contribution is 2.46. The first-order chi connectivity index (χ1) is 18.0. The molecule has 1 amide bonds. The van der Waals surface area contributed by atoms with E-state index in [2.05, 4.69) is 24.3 Å². The average Bonchev–Trinajstić information content (AvgIpc) is 3.24. The largest absolute Gasteiger partial charge is 0.493 e. The number of rotatable bonds is 8. The van der Waals surface area contributed by atoms with Gasteiger partial charge in [0.25, 0.3) is 0 Å². The number of Topliss-reactive ketones (excluding diaryl/α,β-unsaturated/α-hetero) is 1. The Balaban J connectivity index is 1.28. The van der Waals surface area contributed by atoms with Crippen molar-refractivity contribution in [2.75, 3.05) is 40.5 Å². The van der Waals surface area contributed by atoms with E-state index in [9.17, 15) is 9.59 Å². The average molecular weight is 502 g/mol. The van der Waals surface area contributed by atoms with Crippen LogP contribution in [0.5, 0.6) is 17.2 Å². The summed E-state index contributed by atoms with van der Waals surface area (Å²) in [6.45, 7) is 3.02. The van der Waals surface area contributed by atoms with E-state index in [-0.39, 0.29) is 30.3 Å². The highest BCUT2D eigenvalue weighted by atomic mass is 16.6. The zero-order chi connectivity index (χ0) is 25.9. The molecule has 0 bridgehead atoms. The summed E-state index contributed by atoms with van der Waals surface area (Å²) >= 11 is 0. The molecule has 1 heterocycles. The molecule has 5 rings (SSSR count). The molecular weight excluding hydrogens is 470 g/mol. The van der Waals surface area contributed by atoms with Crippen molar-refractivity contribution in [3.8, 4) is 28.4 Å². The summed E-state index contributed by atoms with van der Waals surface area (Å²) in [6.07, 6.45) is 0.0661. The minimum absolute atomic E-state index is 0.0385. The second-order valence-corrected chi connectivity index (χ2v) is 9.31. The SMILES string of the molecule is COc1ccc(C(C)=O)c(OCC2CN(C(=O)CC3c4ccccc4-c4ccccc43)CCO2)c1OC. The lowest BCUT2D eigenvalue weighted by molar-refractivity contribution is -0.140. The van der Waals surface area contributed by atoms with Crippen LogP contribution in [0.1, 0.15) is 40.7 Å². The smallest absolute Gasteiger partial charge is 0.223 e. The van der Waals surface area contributed by atoms with Crippen molar-refractivity contribution in [2.24, 2.45) is 0 Å². The number of methoxy groups -OCH3 is 2. The molecule has 0 N–H and O–H groups in total. The highest BCUT2D eigenvalue weighted by Gasteiger charge is 2.33. The van der Waals surface area contributed by atoms with Gasteiger partial charge in [-0.15, -0.1) is 0 Å². The first kappa shape index (κ1) is 24.8. The van der Waals surface area contributed by atoms with E-state index in [1.807, 2.05) is 29.2 Å². The highest BCUT2D eigenvalue weighted by molar-refractivity contribution is 5.98. The third kappa shape index (κ3) is 4.79. The number of benzene rings is 3. The van der Waals surface area contributed by atoms with E-state index in [1.165, 1.54) is 43.4 Å². The Labute approximate surface area is 216 Å². The van der Waals surface area contributed by atoms with E-state index in [0.29, 0.717) is 48.9 Å². The Morgan fingerprint density at radius 3 is 2.22 bits per heavy atom. The summed E-state index contributed by atoms with van der Waals surface area (Å²) in [4.78, 5) is 27.5. The van der Waals surface area contributed by atoms with Crippen LogP contribution >= 0.6 is 0 Å². The lowest BCUT2D eigenvalue weighted by atomic mass is 9.93. The monoisotopic (exact) mass is 501 g/mol. The van der Waals surface area contributed by atoms with Gasteiger partial charge in [-0.1, -0.05) is 48.5 Å². The van der Waals surface area contributed by atoms with Gasteiger partial charge < -0.3 is 23.8 Å². The minimum atomic E-state index is -0.337. The van der Waals surface area contributed by atoms with Gasteiger partial charge in [0.1, 0.15) is 12.7 Å². The van der Waals surface area contributed by atoms with Crippen LogP contribution in [0, 0.1) is 0 Å². The predicted molar refractivity (Wildman–Crippen MR) is 140 cm³/mol. The number of ketones is 1. The number of fused-ring (bicyclic) bond motifs is 3. The van der Waals surface area contributed by atoms with Crippen LogP contribution < -0.4 is 14.2 Å². The fraction of sp³-hybridized carbons (Fsp3) is 0.333. The number of morpholine rings is 1. The summed E-state index contributed by atoms with van der Waals surface area (Å²) in [6, 6.07) is 20.0. The van der Waals surface area contributed by atoms with Crippen molar-refractivity contribution in [3.05, 3.63) is 77.4 Å². The topological polar surface area (TPSA) is 74.3 Å². The van der Waals surface area contributed by atoms with Crippen LogP contribution in [-0.2, 0) is 9.53 Å². The molecule has 0 aromatic heterocycles. The molecule has 0 radical (unpaired) electrons. The molecule has 1 fully saturated rings. The van der Waals surface area contributed by atoms with Crippen molar-refractivity contribution >= 4 is 11.7 Å². The number of hydrogen-bond acceptors (Lipinski definition) is 6. The van der Waals surface area contributed by atoms with Crippen molar-refractivity contribution in [1.29, 1.82) is 0 Å². The number of hydrogen-bond donors (Lipinski definition) is 0. The molecule has 0 saturated carbocycles. The van der Waals surface area contributed by atoms with Crippen molar-refractivity contribution < 1.29 is 28.5 Å². The van der Waals surface area contributed by atoms with Crippen LogP contribution in [0.15, 0.2) is 60.7 Å². The molecule has 7 nitrogen and oxygen atoms in total. The number of amides is 1. The zero-order valence-electron chi connectivity index (χ0n) is 21.4. The minimum Gasteiger partial charge on any atom is -0.493 e. The van der Waals surface area contributed by atoms with Crippen molar-refractivity contribution in [2.45, 2.75) is 25.4 Å². The number of ether oxygens (including phenoxy) is 4. The third-order valence-corrected chi connectivity index (χ3v) is 7.13. The second-order valence-electron chi connectivity index (χ2n) is 9.31. The van der Waals surface area contributed by atoms with Crippen LogP contribution in [0.4, 0.5) is 0 Å². The second kappa shape index (κ2) is 10.6. The zero-order valence-corrected chi connectivity index (χ0v) is 21.4. The first-order valence-electron chi connectivity index (χ1n) is 12.5. The summed E-state index contributed by atoms with van der Waals surface area (Å²) in [5, 5.41) is 0. The quantitative estimate of drug-likeness (QED) is 0.416. The van der Waals surface area contributed by atoms with Crippen LogP contribution in [0.3, 0.4) is 0 Å². The molecule has 1 aliphatic heterocycles. The van der Waals surface area contributed by atoms with E-state index < -0.39 is 0 Å². The maximum Gasteiger partial charge on any atom is 0.223 e. The number of nitrogens with zero attached hydrogens (tertiary/aromatic N) is 1. The van der Waals surface area contributed by atoms with Gasteiger partial charge in [-0.3, -0.25) is 9.59 Å². The van der Waals surface area contributed by atoms with E-state index in [4.69, 9.17) is 18.9 Å². The molecule has 37 heavy (non-hydrogen) atoms. The molecule has 3 aromatic rings. The van der Waals surface area contributed by atoms with Gasteiger partial charge in [-0.25, -0.2) is 0 Å². The number of carbonyl (C=O) groups excluding carboxylic acids is 2. The lowest BCUT2D eigenvalue weighted by Crippen LogP contribution is -2.48. The Kier molecular flexibility index (Phi) is 7.15. The van der Waals surface area contributed by atoms with E-state index in [0.717, 1.165) is 0 Å². The molecule has 7 heteroatoms. The van der Waals surface area contributed by atoms with Crippen LogP contribution in [0.2, 0.25) is 0 Å². The van der Waals surface area contributed by atoms with Crippen molar-refractivity contribution in [1.82, 2.24) is 4.90 Å². The van der Waals surface area contributed by atoms with Gasteiger partial charge in [0.15, 0.2) is 17.3 Å². The molecule has 0 spiro atoms. The molecule has 1 unspecified atom stereocenters. The molecular formula is C30H31NO6. The van der Waals surface area contributed by atoms with Gasteiger partial charge in [-0.05, 0) is 41.3 Å².